The summed E-state index contributed by atoms with van der Waals surface area (Å²) < 4.78 is 0. The quantitative estimate of drug-likeness (QED) is 0.193. The van der Waals surface area contributed by atoms with E-state index >= 15 is 0 Å². The van der Waals surface area contributed by atoms with Crippen LogP contribution in [0.4, 0.5) is 0 Å². The number of aliphatic imine (C=N–C) groups is 2. The normalized spacial score (nSPS) is 21.4. The first kappa shape index (κ1) is 36.5. The van der Waals surface area contributed by atoms with Gasteiger partial charge in [0.1, 0.15) is 11.7 Å². The number of aromatic nitrogens is 1. The first-order chi connectivity index (χ1) is 29.7. The van der Waals surface area contributed by atoms with Gasteiger partial charge in [-0.15, -0.1) is 0 Å². The van der Waals surface area contributed by atoms with Gasteiger partial charge in [0.15, 0.2) is 6.17 Å². The number of rotatable bonds is 5. The summed E-state index contributed by atoms with van der Waals surface area (Å²) in [5, 5.41) is 5.89. The van der Waals surface area contributed by atoms with Crippen molar-refractivity contribution in [1.29, 1.82) is 0 Å². The molecule has 1 spiro atoms. The monoisotopic (exact) mass is 792 g/mol. The molecule has 1 aromatic heterocycles. The summed E-state index contributed by atoms with van der Waals surface area (Å²) in [6.07, 6.45) is 34.7. The Hall–Kier alpha value is -6.56. The summed E-state index contributed by atoms with van der Waals surface area (Å²) in [6, 6.07) is 35.9. The van der Waals surface area contributed by atoms with Crippen molar-refractivity contribution < 1.29 is 0 Å². The summed E-state index contributed by atoms with van der Waals surface area (Å²) in [6.45, 7) is 0. The van der Waals surface area contributed by atoms with Crippen molar-refractivity contribution >= 4 is 35.1 Å². The number of nitrogens with one attached hydrogen (secondary N) is 1. The molecule has 5 aromatic rings. The minimum atomic E-state index is -0.509. The molecule has 5 heteroatoms. The van der Waals surface area contributed by atoms with Crippen molar-refractivity contribution in [1.82, 2.24) is 10.3 Å². The van der Waals surface area contributed by atoms with Gasteiger partial charge in [-0.25, -0.2) is 9.98 Å². The maximum atomic E-state index is 5.32. The van der Waals surface area contributed by atoms with E-state index in [0.717, 1.165) is 83.7 Å². The molecular formula is C55H44N4S. The predicted molar refractivity (Wildman–Crippen MR) is 251 cm³/mol. The van der Waals surface area contributed by atoms with Crippen molar-refractivity contribution in [3.8, 4) is 22.4 Å². The Morgan fingerprint density at radius 2 is 1.42 bits per heavy atom. The third kappa shape index (κ3) is 6.45. The van der Waals surface area contributed by atoms with Crippen molar-refractivity contribution in [2.24, 2.45) is 9.98 Å². The lowest BCUT2D eigenvalue weighted by molar-refractivity contribution is 0.738. The lowest BCUT2D eigenvalue weighted by Crippen LogP contribution is -2.37. The van der Waals surface area contributed by atoms with E-state index in [1.165, 1.54) is 49.4 Å². The molecule has 0 saturated carbocycles. The number of hydrogen-bond acceptors (Lipinski definition) is 5. The topological polar surface area (TPSA) is 49.6 Å². The van der Waals surface area contributed by atoms with Gasteiger partial charge in [0.05, 0.1) is 11.1 Å². The number of thioether (sulfide) groups is 1. The minimum Gasteiger partial charge on any atom is -0.325 e. The van der Waals surface area contributed by atoms with E-state index in [0.29, 0.717) is 0 Å². The molecule has 1 atom stereocenters. The number of pyridine rings is 1. The van der Waals surface area contributed by atoms with Crippen LogP contribution in [0.5, 0.6) is 0 Å². The zero-order chi connectivity index (χ0) is 39.9. The molecule has 0 saturated heterocycles. The highest BCUT2D eigenvalue weighted by atomic mass is 32.2. The molecule has 290 valence electrons. The van der Waals surface area contributed by atoms with E-state index in [2.05, 4.69) is 181 Å². The number of amidine groups is 2. The molecule has 0 bridgehead atoms. The lowest BCUT2D eigenvalue weighted by Gasteiger charge is -2.32. The van der Waals surface area contributed by atoms with Gasteiger partial charge in [0, 0.05) is 22.2 Å². The Balaban J connectivity index is 1.04. The van der Waals surface area contributed by atoms with Gasteiger partial charge in [-0.3, -0.25) is 4.98 Å². The van der Waals surface area contributed by atoms with E-state index in [4.69, 9.17) is 15.0 Å². The molecule has 60 heavy (non-hydrogen) atoms. The minimum absolute atomic E-state index is 0.381. The molecule has 0 radical (unpaired) electrons. The zero-order valence-corrected chi connectivity index (χ0v) is 34.2. The first-order valence-corrected chi connectivity index (χ1v) is 22.1. The van der Waals surface area contributed by atoms with Gasteiger partial charge in [-0.1, -0.05) is 164 Å². The summed E-state index contributed by atoms with van der Waals surface area (Å²) >= 11 is 1.78. The van der Waals surface area contributed by atoms with Crippen LogP contribution < -0.4 is 5.32 Å². The highest BCUT2D eigenvalue weighted by Crippen LogP contribution is 2.55. The standard InChI is InChI=1S/C55H44N4S/c1-3-15-41(16-4-1)52-57-53(42-17-5-2-6-18-42)59-54(58-52)43-29-30-49-50(36-43)60-35-32-37(38-25-27-40(28-26-38)51-44-20-8-7-14-39(44)31-34-56-51)19-13-33-55(49)47-23-11-9-21-45(47)46-22-10-12-24-48(46)55/h1,3,5,7,9-15,17-19,21-36,54H,2,4,6,8,16,20H2,(H,57,58,59)/b33-13+,35-32+,37-19+. The molecule has 0 fully saturated rings. The second-order valence-electron chi connectivity index (χ2n) is 16.1. The third-order valence-electron chi connectivity index (χ3n) is 12.6. The molecule has 0 amide bonds. The maximum Gasteiger partial charge on any atom is 0.169 e. The largest absolute Gasteiger partial charge is 0.325 e. The second-order valence-corrected chi connectivity index (χ2v) is 17.0. The van der Waals surface area contributed by atoms with Crippen LogP contribution in [0.1, 0.15) is 77.2 Å². The van der Waals surface area contributed by atoms with Crippen LogP contribution in [-0.2, 0) is 11.8 Å². The van der Waals surface area contributed by atoms with E-state index in [1.807, 2.05) is 6.20 Å². The molecule has 1 unspecified atom stereocenters. The molecule has 2 aliphatic heterocycles. The smallest absolute Gasteiger partial charge is 0.169 e. The van der Waals surface area contributed by atoms with Crippen LogP contribution in [-0.4, -0.2) is 16.7 Å². The summed E-state index contributed by atoms with van der Waals surface area (Å²) in [4.78, 5) is 16.7. The molecule has 3 heterocycles. The van der Waals surface area contributed by atoms with E-state index in [1.54, 1.807) is 11.8 Å². The van der Waals surface area contributed by atoms with E-state index in [-0.39, 0.29) is 6.17 Å². The number of hydrogen-bond donors (Lipinski definition) is 1. The SMILES string of the molecule is C1=CCCC(C2=NC(c3ccc4c(c3)S/C=C/C(c3ccc(-c5nccc6c5CCC=C6)cc3)=C\C=C\C43c4ccccc4-c4ccccc43)N=C(C3=CCCC=C3)N2)=C1. The van der Waals surface area contributed by atoms with Gasteiger partial charge < -0.3 is 5.32 Å². The van der Waals surface area contributed by atoms with E-state index in [9.17, 15) is 0 Å². The Kier molecular flexibility index (Phi) is 9.47. The van der Waals surface area contributed by atoms with Crippen LogP contribution in [0, 0.1) is 0 Å². The Bertz CT molecular complexity index is 2830. The average molecular weight is 793 g/mol. The van der Waals surface area contributed by atoms with Crippen LogP contribution in [0.25, 0.3) is 34.0 Å². The molecule has 4 nitrogen and oxygen atoms in total. The number of nitrogens with zero attached hydrogens (tertiary/aromatic N) is 3. The number of fused-ring (bicyclic) bond motifs is 8. The maximum absolute atomic E-state index is 5.32. The van der Waals surface area contributed by atoms with Gasteiger partial charge in [0.25, 0.3) is 0 Å². The lowest BCUT2D eigenvalue weighted by atomic mass is 9.72. The van der Waals surface area contributed by atoms with Crippen LogP contribution in [0.2, 0.25) is 0 Å². The number of allylic oxidation sites excluding steroid dienone is 11. The van der Waals surface area contributed by atoms with Gasteiger partial charge in [0.2, 0.25) is 0 Å². The number of benzene rings is 4. The van der Waals surface area contributed by atoms with Crippen molar-refractivity contribution in [2.45, 2.75) is 55.0 Å². The van der Waals surface area contributed by atoms with Crippen LogP contribution in [0.3, 0.4) is 0 Å². The molecule has 4 aliphatic carbocycles. The average Bonchev–Trinajstić information content (AvgIpc) is 3.61. The molecular weight excluding hydrogens is 749 g/mol. The zero-order valence-electron chi connectivity index (χ0n) is 33.4. The summed E-state index contributed by atoms with van der Waals surface area (Å²) in [5.74, 6) is 1.81. The van der Waals surface area contributed by atoms with Gasteiger partial charge in [-0.2, -0.15) is 0 Å². The molecule has 11 rings (SSSR count). The van der Waals surface area contributed by atoms with Crippen LogP contribution in [0.15, 0.2) is 202 Å². The van der Waals surface area contributed by atoms with Crippen molar-refractivity contribution in [3.05, 3.63) is 226 Å². The summed E-state index contributed by atoms with van der Waals surface area (Å²) in [5.41, 5.74) is 16.5. The fourth-order valence-corrected chi connectivity index (χ4v) is 10.5. The summed E-state index contributed by atoms with van der Waals surface area (Å²) in [7, 11) is 0. The Morgan fingerprint density at radius 1 is 0.633 bits per heavy atom. The van der Waals surface area contributed by atoms with Crippen LogP contribution >= 0.6 is 11.8 Å². The fraction of sp³-hybridized carbons (Fsp3) is 0.145. The third-order valence-corrected chi connectivity index (χ3v) is 13.4. The Labute approximate surface area is 356 Å². The van der Waals surface area contributed by atoms with Gasteiger partial charge in [-0.05, 0) is 123 Å². The highest BCUT2D eigenvalue weighted by Gasteiger charge is 2.44. The predicted octanol–water partition coefficient (Wildman–Crippen LogP) is 13.2. The fourth-order valence-electron chi connectivity index (χ4n) is 9.61. The second kappa shape index (κ2) is 15.6. The highest BCUT2D eigenvalue weighted by molar-refractivity contribution is 8.02. The Morgan fingerprint density at radius 3 is 2.22 bits per heavy atom. The molecule has 6 aliphatic rings. The van der Waals surface area contributed by atoms with Gasteiger partial charge >= 0.3 is 0 Å². The van der Waals surface area contributed by atoms with E-state index < -0.39 is 5.41 Å². The van der Waals surface area contributed by atoms with Crippen molar-refractivity contribution in [2.75, 3.05) is 0 Å². The molecule has 1 N–H and O–H groups in total. The molecule has 4 aromatic carbocycles. The first-order valence-electron chi connectivity index (χ1n) is 21.2. The van der Waals surface area contributed by atoms with Crippen molar-refractivity contribution in [3.63, 3.8) is 0 Å².